The second-order valence-electron chi connectivity index (χ2n) is 7.81. The summed E-state index contributed by atoms with van der Waals surface area (Å²) in [6.45, 7) is 8.37. The van der Waals surface area contributed by atoms with Crippen LogP contribution in [0.25, 0.3) is 0 Å². The lowest BCUT2D eigenvalue weighted by Crippen LogP contribution is -2.55. The van der Waals surface area contributed by atoms with E-state index in [0.29, 0.717) is 25.7 Å². The Bertz CT molecular complexity index is 687. The van der Waals surface area contributed by atoms with Gasteiger partial charge in [0.1, 0.15) is 5.82 Å². The quantitative estimate of drug-likeness (QED) is 0.730. The summed E-state index contributed by atoms with van der Waals surface area (Å²) in [6, 6.07) is 6.65. The van der Waals surface area contributed by atoms with E-state index in [1.54, 1.807) is 11.0 Å². The molecule has 1 aromatic carbocycles. The molecular formula is C21H31FN4O2. The zero-order chi connectivity index (χ0) is 20.1. The van der Waals surface area contributed by atoms with Gasteiger partial charge < -0.3 is 10.2 Å². The molecule has 1 aliphatic heterocycles. The van der Waals surface area contributed by atoms with Crippen LogP contribution in [0.3, 0.4) is 0 Å². The number of nitrogens with zero attached hydrogens (tertiary/aromatic N) is 3. The van der Waals surface area contributed by atoms with Crippen molar-refractivity contribution in [1.29, 1.82) is 0 Å². The predicted octanol–water partition coefficient (Wildman–Crippen LogP) is 1.46. The molecule has 1 N–H and O–H groups in total. The largest absolute Gasteiger partial charge is 0.352 e. The third-order valence-corrected chi connectivity index (χ3v) is 5.61. The lowest BCUT2D eigenvalue weighted by molar-refractivity contribution is -0.134. The summed E-state index contributed by atoms with van der Waals surface area (Å²) in [7, 11) is 0. The number of likely N-dealkylation sites (N-methyl/N-ethyl adjacent to an activating group) is 1. The van der Waals surface area contributed by atoms with E-state index in [9.17, 15) is 14.0 Å². The number of benzene rings is 1. The van der Waals surface area contributed by atoms with Gasteiger partial charge in [-0.05, 0) is 44.4 Å². The molecule has 0 spiro atoms. The van der Waals surface area contributed by atoms with Crippen molar-refractivity contribution in [1.82, 2.24) is 20.0 Å². The SMILES string of the molecule is CCN(Cc1cccc(F)c1)C(=O)CN1CCN(C(C)C(=O)NC2CC2)CC1. The first kappa shape index (κ1) is 20.7. The van der Waals surface area contributed by atoms with Gasteiger partial charge in [-0.1, -0.05) is 12.1 Å². The van der Waals surface area contributed by atoms with Crippen LogP contribution in [-0.4, -0.2) is 77.9 Å². The van der Waals surface area contributed by atoms with Gasteiger partial charge in [-0.25, -0.2) is 4.39 Å². The smallest absolute Gasteiger partial charge is 0.237 e. The molecule has 1 saturated carbocycles. The number of hydrogen-bond donors (Lipinski definition) is 1. The van der Waals surface area contributed by atoms with Gasteiger partial charge in [-0.15, -0.1) is 0 Å². The monoisotopic (exact) mass is 390 g/mol. The highest BCUT2D eigenvalue weighted by molar-refractivity contribution is 5.82. The van der Waals surface area contributed by atoms with Crippen molar-refractivity contribution in [3.63, 3.8) is 0 Å². The first-order valence-electron chi connectivity index (χ1n) is 10.2. The van der Waals surface area contributed by atoms with E-state index in [-0.39, 0.29) is 23.7 Å². The van der Waals surface area contributed by atoms with Gasteiger partial charge in [0.25, 0.3) is 0 Å². The molecule has 2 fully saturated rings. The molecule has 0 aromatic heterocycles. The number of nitrogens with one attached hydrogen (secondary N) is 1. The van der Waals surface area contributed by atoms with Gasteiger partial charge in [0.15, 0.2) is 0 Å². The van der Waals surface area contributed by atoms with Crippen molar-refractivity contribution in [2.24, 2.45) is 0 Å². The molecule has 0 radical (unpaired) electrons. The fraction of sp³-hybridized carbons (Fsp3) is 0.619. The Labute approximate surface area is 166 Å². The van der Waals surface area contributed by atoms with Gasteiger partial charge in [0.05, 0.1) is 12.6 Å². The summed E-state index contributed by atoms with van der Waals surface area (Å²) in [6.07, 6.45) is 2.19. The Morgan fingerprint density at radius 3 is 2.57 bits per heavy atom. The Morgan fingerprint density at radius 1 is 1.25 bits per heavy atom. The molecule has 7 heteroatoms. The topological polar surface area (TPSA) is 55.9 Å². The first-order chi connectivity index (χ1) is 13.5. The standard InChI is InChI=1S/C21H31FN4O2/c1-3-25(14-17-5-4-6-18(22)13-17)20(27)15-24-9-11-26(12-10-24)16(2)21(28)23-19-7-8-19/h4-6,13,16,19H,3,7-12,14-15H2,1-2H3,(H,23,28). The number of carbonyl (C=O) groups is 2. The van der Waals surface area contributed by atoms with Crippen LogP contribution in [0.2, 0.25) is 0 Å². The number of piperazine rings is 1. The molecule has 2 aliphatic rings. The maximum absolute atomic E-state index is 13.4. The second-order valence-corrected chi connectivity index (χ2v) is 7.81. The van der Waals surface area contributed by atoms with Gasteiger partial charge in [-0.2, -0.15) is 0 Å². The third-order valence-electron chi connectivity index (χ3n) is 5.61. The maximum atomic E-state index is 13.4. The summed E-state index contributed by atoms with van der Waals surface area (Å²) < 4.78 is 13.4. The average molecular weight is 391 g/mol. The molecule has 28 heavy (non-hydrogen) atoms. The minimum Gasteiger partial charge on any atom is -0.352 e. The van der Waals surface area contributed by atoms with Crippen LogP contribution in [0.4, 0.5) is 4.39 Å². The molecule has 1 aliphatic carbocycles. The van der Waals surface area contributed by atoms with Crippen molar-refractivity contribution < 1.29 is 14.0 Å². The van der Waals surface area contributed by atoms with Gasteiger partial charge in [0, 0.05) is 45.3 Å². The number of rotatable bonds is 8. The van der Waals surface area contributed by atoms with Gasteiger partial charge >= 0.3 is 0 Å². The molecule has 0 bridgehead atoms. The summed E-state index contributed by atoms with van der Waals surface area (Å²) in [5.41, 5.74) is 0.801. The molecule has 1 saturated heterocycles. The second kappa shape index (κ2) is 9.47. The molecule has 1 atom stereocenters. The van der Waals surface area contributed by atoms with E-state index < -0.39 is 0 Å². The van der Waals surface area contributed by atoms with Crippen LogP contribution in [0.1, 0.15) is 32.3 Å². The van der Waals surface area contributed by atoms with Crippen molar-refractivity contribution in [3.05, 3.63) is 35.6 Å². The predicted molar refractivity (Wildman–Crippen MR) is 106 cm³/mol. The number of carbonyl (C=O) groups excluding carboxylic acids is 2. The van der Waals surface area contributed by atoms with Gasteiger partial charge in [-0.3, -0.25) is 19.4 Å². The normalized spacial score (nSPS) is 19.2. The maximum Gasteiger partial charge on any atom is 0.237 e. The molecule has 154 valence electrons. The van der Waals surface area contributed by atoms with E-state index in [4.69, 9.17) is 0 Å². The summed E-state index contributed by atoms with van der Waals surface area (Å²) >= 11 is 0. The Balaban J connectivity index is 1.44. The van der Waals surface area contributed by atoms with Crippen molar-refractivity contribution >= 4 is 11.8 Å². The summed E-state index contributed by atoms with van der Waals surface area (Å²) in [5.74, 6) is -0.115. The molecule has 1 heterocycles. The minimum atomic E-state index is -0.281. The highest BCUT2D eigenvalue weighted by Crippen LogP contribution is 2.19. The molecule has 1 aromatic rings. The lowest BCUT2D eigenvalue weighted by atomic mass is 10.2. The Hall–Kier alpha value is -1.99. The van der Waals surface area contributed by atoms with E-state index in [2.05, 4.69) is 15.1 Å². The first-order valence-corrected chi connectivity index (χ1v) is 10.2. The summed E-state index contributed by atoms with van der Waals surface area (Å²) in [4.78, 5) is 31.0. The zero-order valence-corrected chi connectivity index (χ0v) is 16.9. The van der Waals surface area contributed by atoms with Crippen LogP contribution in [0.15, 0.2) is 24.3 Å². The molecule has 6 nitrogen and oxygen atoms in total. The van der Waals surface area contributed by atoms with E-state index in [0.717, 1.165) is 44.6 Å². The van der Waals surface area contributed by atoms with Crippen molar-refractivity contribution in [2.75, 3.05) is 39.3 Å². The lowest BCUT2D eigenvalue weighted by Gasteiger charge is -2.37. The van der Waals surface area contributed by atoms with Gasteiger partial charge in [0.2, 0.25) is 11.8 Å². The fourth-order valence-electron chi connectivity index (χ4n) is 3.55. The highest BCUT2D eigenvalue weighted by atomic mass is 19.1. The Kier molecular flexibility index (Phi) is 7.02. The third kappa shape index (κ3) is 5.75. The number of amides is 2. The highest BCUT2D eigenvalue weighted by Gasteiger charge is 2.30. The van der Waals surface area contributed by atoms with Crippen molar-refractivity contribution in [2.45, 2.75) is 45.3 Å². The molecular weight excluding hydrogens is 359 g/mol. The van der Waals surface area contributed by atoms with Crippen molar-refractivity contribution in [3.8, 4) is 0 Å². The van der Waals surface area contributed by atoms with Crippen LogP contribution in [0.5, 0.6) is 0 Å². The number of hydrogen-bond acceptors (Lipinski definition) is 4. The van der Waals surface area contributed by atoms with E-state index in [1.165, 1.54) is 12.1 Å². The van der Waals surface area contributed by atoms with Crippen LogP contribution >= 0.6 is 0 Å². The van der Waals surface area contributed by atoms with Crippen LogP contribution < -0.4 is 5.32 Å². The zero-order valence-electron chi connectivity index (χ0n) is 16.9. The van der Waals surface area contributed by atoms with Crippen LogP contribution in [0, 0.1) is 5.82 Å². The Morgan fingerprint density at radius 2 is 1.96 bits per heavy atom. The van der Waals surface area contributed by atoms with Crippen LogP contribution in [-0.2, 0) is 16.1 Å². The minimum absolute atomic E-state index is 0.0553. The molecule has 3 rings (SSSR count). The molecule has 1 unspecified atom stereocenters. The fourth-order valence-corrected chi connectivity index (χ4v) is 3.55. The molecule has 2 amide bonds. The summed E-state index contributed by atoms with van der Waals surface area (Å²) in [5, 5.41) is 3.06. The average Bonchev–Trinajstić information content (AvgIpc) is 3.50. The number of halogens is 1. The van der Waals surface area contributed by atoms with E-state index in [1.807, 2.05) is 19.9 Å². The van der Waals surface area contributed by atoms with E-state index >= 15 is 0 Å².